The maximum absolute atomic E-state index is 6.17. The molecule has 3 aromatic rings. The molecule has 2 aromatic heterocycles. The average molecular weight is 285 g/mol. The zero-order chi connectivity index (χ0) is 13.5. The van der Waals surface area contributed by atoms with Crippen LogP contribution in [0.1, 0.15) is 30.2 Å². The summed E-state index contributed by atoms with van der Waals surface area (Å²) in [5.41, 5.74) is 7.21. The van der Waals surface area contributed by atoms with E-state index in [-0.39, 0.29) is 6.04 Å². The summed E-state index contributed by atoms with van der Waals surface area (Å²) in [5, 5.41) is 14.3. The summed E-state index contributed by atoms with van der Waals surface area (Å²) in [7, 11) is 0. The van der Waals surface area contributed by atoms with Gasteiger partial charge in [0.05, 0.1) is 0 Å². The van der Waals surface area contributed by atoms with Gasteiger partial charge in [-0.15, -0.1) is 10.2 Å². The number of aromatic nitrogens is 4. The second-order valence-corrected chi connectivity index (χ2v) is 6.21. The van der Waals surface area contributed by atoms with Crippen LogP contribution < -0.4 is 5.73 Å². The maximum Gasteiger partial charge on any atom is 0.234 e. The third-order valence-corrected chi connectivity index (χ3v) is 4.96. The molecule has 2 N–H and O–H groups in total. The van der Waals surface area contributed by atoms with Gasteiger partial charge in [-0.05, 0) is 12.8 Å². The maximum atomic E-state index is 6.17. The lowest BCUT2D eigenvalue weighted by atomic mass is 10.1. The SMILES string of the molecule is NC1CCCC1c1nn2c(-c3ccccc3)nnc2s1. The van der Waals surface area contributed by atoms with Crippen molar-refractivity contribution in [2.75, 3.05) is 0 Å². The van der Waals surface area contributed by atoms with E-state index in [0.29, 0.717) is 5.92 Å². The van der Waals surface area contributed by atoms with Crippen molar-refractivity contribution in [3.05, 3.63) is 35.3 Å². The van der Waals surface area contributed by atoms with E-state index in [1.807, 2.05) is 34.8 Å². The van der Waals surface area contributed by atoms with Gasteiger partial charge >= 0.3 is 0 Å². The number of rotatable bonds is 2. The molecule has 4 rings (SSSR count). The van der Waals surface area contributed by atoms with Gasteiger partial charge in [0.1, 0.15) is 5.01 Å². The molecule has 0 saturated heterocycles. The van der Waals surface area contributed by atoms with E-state index >= 15 is 0 Å². The molecule has 0 amide bonds. The first-order valence-electron chi connectivity index (χ1n) is 6.86. The Morgan fingerprint density at radius 2 is 2.00 bits per heavy atom. The number of nitrogens with two attached hydrogens (primary N) is 1. The molecule has 1 aromatic carbocycles. The van der Waals surface area contributed by atoms with Crippen LogP contribution in [0.5, 0.6) is 0 Å². The van der Waals surface area contributed by atoms with Crippen molar-refractivity contribution >= 4 is 16.3 Å². The van der Waals surface area contributed by atoms with Crippen molar-refractivity contribution in [1.29, 1.82) is 0 Å². The standard InChI is InChI=1S/C14H15N5S/c15-11-8-4-7-10(11)13-18-19-12(16-17-14(19)20-13)9-5-2-1-3-6-9/h1-3,5-6,10-11H,4,7-8,15H2. The normalized spacial score (nSPS) is 22.6. The zero-order valence-electron chi connectivity index (χ0n) is 10.9. The molecule has 2 heterocycles. The van der Waals surface area contributed by atoms with Gasteiger partial charge in [-0.25, -0.2) is 0 Å². The van der Waals surface area contributed by atoms with E-state index in [1.54, 1.807) is 11.3 Å². The van der Waals surface area contributed by atoms with Crippen molar-refractivity contribution in [2.45, 2.75) is 31.2 Å². The van der Waals surface area contributed by atoms with Crippen molar-refractivity contribution in [2.24, 2.45) is 5.73 Å². The molecule has 0 spiro atoms. The molecular formula is C14H15N5S. The average Bonchev–Trinajstić information content (AvgIpc) is 3.13. The summed E-state index contributed by atoms with van der Waals surface area (Å²) >= 11 is 1.61. The van der Waals surface area contributed by atoms with Gasteiger partial charge in [-0.3, -0.25) is 0 Å². The van der Waals surface area contributed by atoms with Gasteiger partial charge in [-0.2, -0.15) is 9.61 Å². The molecule has 1 saturated carbocycles. The van der Waals surface area contributed by atoms with Crippen molar-refractivity contribution in [1.82, 2.24) is 19.8 Å². The third-order valence-electron chi connectivity index (χ3n) is 3.93. The molecule has 20 heavy (non-hydrogen) atoms. The van der Waals surface area contributed by atoms with Gasteiger partial charge in [0, 0.05) is 17.5 Å². The minimum absolute atomic E-state index is 0.235. The van der Waals surface area contributed by atoms with E-state index < -0.39 is 0 Å². The molecule has 1 aliphatic carbocycles. The second kappa shape index (κ2) is 4.64. The highest BCUT2D eigenvalue weighted by atomic mass is 32.1. The fourth-order valence-corrected chi connectivity index (χ4v) is 3.89. The summed E-state index contributed by atoms with van der Waals surface area (Å²) < 4.78 is 1.85. The Morgan fingerprint density at radius 1 is 1.15 bits per heavy atom. The van der Waals surface area contributed by atoms with Crippen LogP contribution in [0.3, 0.4) is 0 Å². The molecule has 102 valence electrons. The van der Waals surface area contributed by atoms with Crippen LogP contribution in [0.15, 0.2) is 30.3 Å². The predicted octanol–water partition coefficient (Wildman–Crippen LogP) is 2.45. The minimum atomic E-state index is 0.235. The molecule has 1 fully saturated rings. The molecule has 1 aliphatic rings. The fourth-order valence-electron chi connectivity index (χ4n) is 2.84. The van der Waals surface area contributed by atoms with Crippen LogP contribution >= 0.6 is 11.3 Å². The van der Waals surface area contributed by atoms with E-state index in [0.717, 1.165) is 34.2 Å². The van der Waals surface area contributed by atoms with Crippen LogP contribution in [0.4, 0.5) is 0 Å². The van der Waals surface area contributed by atoms with Crippen LogP contribution in [0.25, 0.3) is 16.3 Å². The molecule has 2 atom stereocenters. The molecule has 6 heteroatoms. The van der Waals surface area contributed by atoms with Crippen molar-refractivity contribution in [3.8, 4) is 11.4 Å². The van der Waals surface area contributed by atoms with Gasteiger partial charge in [0.2, 0.25) is 4.96 Å². The van der Waals surface area contributed by atoms with Crippen molar-refractivity contribution < 1.29 is 0 Å². The zero-order valence-corrected chi connectivity index (χ0v) is 11.8. The molecule has 2 unspecified atom stereocenters. The van der Waals surface area contributed by atoms with Crippen LogP contribution in [-0.4, -0.2) is 25.9 Å². The van der Waals surface area contributed by atoms with Crippen LogP contribution in [0, 0.1) is 0 Å². The summed E-state index contributed by atoms with van der Waals surface area (Å²) in [5.74, 6) is 1.18. The number of hydrogen-bond acceptors (Lipinski definition) is 5. The van der Waals surface area contributed by atoms with Gasteiger partial charge in [-0.1, -0.05) is 48.1 Å². The highest BCUT2D eigenvalue weighted by Gasteiger charge is 2.29. The van der Waals surface area contributed by atoms with E-state index in [1.165, 1.54) is 6.42 Å². The number of hydrogen-bond donors (Lipinski definition) is 1. The highest BCUT2D eigenvalue weighted by molar-refractivity contribution is 7.16. The molecule has 0 bridgehead atoms. The van der Waals surface area contributed by atoms with E-state index in [2.05, 4.69) is 10.2 Å². The minimum Gasteiger partial charge on any atom is -0.327 e. The first kappa shape index (κ1) is 12.0. The van der Waals surface area contributed by atoms with E-state index in [9.17, 15) is 0 Å². The third kappa shape index (κ3) is 1.83. The Balaban J connectivity index is 1.79. The number of benzene rings is 1. The lowest BCUT2D eigenvalue weighted by molar-refractivity contribution is 0.601. The summed E-state index contributed by atoms with van der Waals surface area (Å²) in [4.78, 5) is 0.845. The Bertz CT molecular complexity index is 732. The largest absolute Gasteiger partial charge is 0.327 e. The topological polar surface area (TPSA) is 69.1 Å². The Labute approximate surface area is 120 Å². The smallest absolute Gasteiger partial charge is 0.234 e. The monoisotopic (exact) mass is 285 g/mol. The highest BCUT2D eigenvalue weighted by Crippen LogP contribution is 2.36. The Hall–Kier alpha value is -1.79. The van der Waals surface area contributed by atoms with Gasteiger partial charge in [0.25, 0.3) is 0 Å². The Morgan fingerprint density at radius 3 is 2.75 bits per heavy atom. The summed E-state index contributed by atoms with van der Waals surface area (Å²) in [6.45, 7) is 0. The molecule has 0 radical (unpaired) electrons. The summed E-state index contributed by atoms with van der Waals surface area (Å²) in [6, 6.07) is 10.3. The van der Waals surface area contributed by atoms with Gasteiger partial charge in [0.15, 0.2) is 5.82 Å². The second-order valence-electron chi connectivity index (χ2n) is 5.23. The summed E-state index contributed by atoms with van der Waals surface area (Å²) in [6.07, 6.45) is 3.42. The van der Waals surface area contributed by atoms with Gasteiger partial charge < -0.3 is 5.73 Å². The Kier molecular flexibility index (Phi) is 2.78. The fraction of sp³-hybridized carbons (Fsp3) is 0.357. The molecule has 0 aliphatic heterocycles. The molecule has 5 nitrogen and oxygen atoms in total. The lowest BCUT2D eigenvalue weighted by Crippen LogP contribution is -2.22. The van der Waals surface area contributed by atoms with Crippen LogP contribution in [0.2, 0.25) is 0 Å². The van der Waals surface area contributed by atoms with E-state index in [4.69, 9.17) is 10.8 Å². The molecular weight excluding hydrogens is 270 g/mol. The first-order chi connectivity index (χ1) is 9.83. The van der Waals surface area contributed by atoms with Crippen LogP contribution in [-0.2, 0) is 0 Å². The number of nitrogens with zero attached hydrogens (tertiary/aromatic N) is 4. The predicted molar refractivity (Wildman–Crippen MR) is 78.7 cm³/mol. The van der Waals surface area contributed by atoms with Crippen molar-refractivity contribution in [3.63, 3.8) is 0 Å². The first-order valence-corrected chi connectivity index (χ1v) is 7.68. The number of fused-ring (bicyclic) bond motifs is 1. The quantitative estimate of drug-likeness (QED) is 0.785. The lowest BCUT2D eigenvalue weighted by Gasteiger charge is -2.10.